The van der Waals surface area contributed by atoms with Crippen LogP contribution in [-0.2, 0) is 9.53 Å². The van der Waals surface area contributed by atoms with E-state index >= 15 is 0 Å². The van der Waals surface area contributed by atoms with Gasteiger partial charge in [-0.2, -0.15) is 0 Å². The quantitative estimate of drug-likeness (QED) is 0.494. The molecule has 0 unspecified atom stereocenters. The van der Waals surface area contributed by atoms with Crippen LogP contribution in [0.4, 0.5) is 10.6 Å². The summed E-state index contributed by atoms with van der Waals surface area (Å²) in [5, 5.41) is 9.19. The summed E-state index contributed by atoms with van der Waals surface area (Å²) in [6, 6.07) is 3.77. The first-order valence-electron chi connectivity index (χ1n) is 9.91. The molecule has 160 valence electrons. The number of aromatic nitrogens is 1. The van der Waals surface area contributed by atoms with Crippen LogP contribution in [0, 0.1) is 6.92 Å². The predicted octanol–water partition coefficient (Wildman–Crippen LogP) is 1.89. The molecule has 9 heteroatoms. The van der Waals surface area contributed by atoms with Gasteiger partial charge in [0.2, 0.25) is 5.91 Å². The molecule has 0 spiro atoms. The Morgan fingerprint density at radius 3 is 2.62 bits per heavy atom. The van der Waals surface area contributed by atoms with Crippen molar-refractivity contribution in [1.29, 1.82) is 0 Å². The standard InChI is InChI=1S/C20H32N6O3/c1-6-21-18(24-15-12-26(13-15)19(28)29-20(3,4)5)22-10-9-17(27)25-16-8-7-14(2)11-23-16/h7-8,11,15H,6,9-10,12-13H2,1-5H3,(H2,21,22,24)(H,23,25,27). The van der Waals surface area contributed by atoms with Crippen LogP contribution in [0.25, 0.3) is 0 Å². The van der Waals surface area contributed by atoms with Crippen molar-refractivity contribution in [3.63, 3.8) is 0 Å². The molecule has 0 aliphatic carbocycles. The third-order valence-electron chi connectivity index (χ3n) is 4.01. The highest BCUT2D eigenvalue weighted by Gasteiger charge is 2.34. The van der Waals surface area contributed by atoms with Gasteiger partial charge in [-0.15, -0.1) is 0 Å². The summed E-state index contributed by atoms with van der Waals surface area (Å²) in [6.45, 7) is 11.6. The average molecular weight is 405 g/mol. The molecule has 1 fully saturated rings. The molecule has 1 saturated heterocycles. The Labute approximate surface area is 172 Å². The largest absolute Gasteiger partial charge is 0.444 e. The SMILES string of the molecule is CCNC(=NCCC(=O)Nc1ccc(C)cn1)NC1CN(C(=O)OC(C)(C)C)C1. The summed E-state index contributed by atoms with van der Waals surface area (Å²) in [4.78, 5) is 34.3. The van der Waals surface area contributed by atoms with Crippen molar-refractivity contribution in [2.75, 3.05) is 31.5 Å². The molecule has 1 aromatic heterocycles. The first kappa shape index (κ1) is 22.4. The van der Waals surface area contributed by atoms with E-state index in [0.717, 1.165) is 5.56 Å². The number of carbonyl (C=O) groups is 2. The number of pyridine rings is 1. The van der Waals surface area contributed by atoms with Crippen molar-refractivity contribution >= 4 is 23.8 Å². The lowest BCUT2D eigenvalue weighted by Crippen LogP contribution is -2.63. The summed E-state index contributed by atoms with van der Waals surface area (Å²) >= 11 is 0. The molecular weight excluding hydrogens is 372 g/mol. The Morgan fingerprint density at radius 2 is 2.03 bits per heavy atom. The number of anilines is 1. The molecule has 0 radical (unpaired) electrons. The van der Waals surface area contributed by atoms with Crippen LogP contribution in [0.15, 0.2) is 23.3 Å². The highest BCUT2D eigenvalue weighted by atomic mass is 16.6. The molecule has 0 atom stereocenters. The van der Waals surface area contributed by atoms with Crippen molar-refractivity contribution in [3.8, 4) is 0 Å². The number of guanidine groups is 1. The molecular formula is C20H32N6O3. The van der Waals surface area contributed by atoms with E-state index in [9.17, 15) is 9.59 Å². The lowest BCUT2D eigenvalue weighted by molar-refractivity contribution is -0.116. The third-order valence-corrected chi connectivity index (χ3v) is 4.01. The zero-order valence-corrected chi connectivity index (χ0v) is 17.9. The maximum absolute atomic E-state index is 12.0. The van der Waals surface area contributed by atoms with Gasteiger partial charge in [-0.1, -0.05) is 6.07 Å². The maximum atomic E-state index is 12.0. The highest BCUT2D eigenvalue weighted by molar-refractivity contribution is 5.90. The Morgan fingerprint density at radius 1 is 1.31 bits per heavy atom. The van der Waals surface area contributed by atoms with Crippen molar-refractivity contribution < 1.29 is 14.3 Å². The van der Waals surface area contributed by atoms with E-state index in [1.807, 2.05) is 40.7 Å². The zero-order chi connectivity index (χ0) is 21.4. The van der Waals surface area contributed by atoms with Gasteiger partial charge in [0.25, 0.3) is 0 Å². The molecule has 0 aromatic carbocycles. The summed E-state index contributed by atoms with van der Waals surface area (Å²) < 4.78 is 5.35. The van der Waals surface area contributed by atoms with Crippen molar-refractivity contribution in [3.05, 3.63) is 23.9 Å². The number of ether oxygens (including phenoxy) is 1. The molecule has 2 amide bonds. The van der Waals surface area contributed by atoms with Gasteiger partial charge < -0.3 is 25.6 Å². The van der Waals surface area contributed by atoms with E-state index in [1.54, 1.807) is 17.2 Å². The number of aliphatic imine (C=N–C) groups is 1. The molecule has 2 rings (SSSR count). The zero-order valence-electron chi connectivity index (χ0n) is 17.9. The minimum absolute atomic E-state index is 0.103. The lowest BCUT2D eigenvalue weighted by Gasteiger charge is -2.40. The summed E-state index contributed by atoms with van der Waals surface area (Å²) in [6.07, 6.45) is 1.65. The van der Waals surface area contributed by atoms with Gasteiger partial charge in [0.05, 0.1) is 12.6 Å². The van der Waals surface area contributed by atoms with E-state index in [4.69, 9.17) is 4.74 Å². The molecule has 0 saturated carbocycles. The average Bonchev–Trinajstić information content (AvgIpc) is 2.58. The first-order valence-corrected chi connectivity index (χ1v) is 9.91. The van der Waals surface area contributed by atoms with Crippen LogP contribution in [0.2, 0.25) is 0 Å². The summed E-state index contributed by atoms with van der Waals surface area (Å²) in [5.41, 5.74) is 0.538. The molecule has 1 aliphatic heterocycles. The van der Waals surface area contributed by atoms with Crippen LogP contribution in [0.5, 0.6) is 0 Å². The predicted molar refractivity (Wildman–Crippen MR) is 113 cm³/mol. The number of rotatable bonds is 6. The van der Waals surface area contributed by atoms with Gasteiger partial charge in [0, 0.05) is 32.3 Å². The van der Waals surface area contributed by atoms with E-state index in [2.05, 4.69) is 25.9 Å². The van der Waals surface area contributed by atoms with Gasteiger partial charge >= 0.3 is 6.09 Å². The third kappa shape index (κ3) is 7.97. The number of amides is 2. The van der Waals surface area contributed by atoms with E-state index in [1.165, 1.54) is 0 Å². The highest BCUT2D eigenvalue weighted by Crippen LogP contribution is 2.15. The van der Waals surface area contributed by atoms with Crippen molar-refractivity contribution in [1.82, 2.24) is 20.5 Å². The number of nitrogens with zero attached hydrogens (tertiary/aromatic N) is 3. The fourth-order valence-electron chi connectivity index (χ4n) is 2.58. The maximum Gasteiger partial charge on any atom is 0.410 e. The van der Waals surface area contributed by atoms with Gasteiger partial charge in [0.1, 0.15) is 11.4 Å². The summed E-state index contributed by atoms with van der Waals surface area (Å²) in [5.74, 6) is 1.02. The Kier molecular flexibility index (Phi) is 7.81. The Balaban J connectivity index is 1.75. The molecule has 9 nitrogen and oxygen atoms in total. The summed E-state index contributed by atoms with van der Waals surface area (Å²) in [7, 11) is 0. The number of nitrogens with one attached hydrogen (secondary N) is 3. The smallest absolute Gasteiger partial charge is 0.410 e. The van der Waals surface area contributed by atoms with E-state index < -0.39 is 5.60 Å². The molecule has 3 N–H and O–H groups in total. The second-order valence-corrected chi connectivity index (χ2v) is 8.01. The van der Waals surface area contributed by atoms with Crippen molar-refractivity contribution in [2.45, 2.75) is 52.7 Å². The molecule has 1 aliphatic rings. The van der Waals surface area contributed by atoms with Crippen LogP contribution in [0.3, 0.4) is 0 Å². The molecule has 29 heavy (non-hydrogen) atoms. The Bertz CT molecular complexity index is 721. The van der Waals surface area contributed by atoms with E-state index in [-0.39, 0.29) is 24.5 Å². The normalized spacial score (nSPS) is 14.8. The van der Waals surface area contributed by atoms with Crippen LogP contribution in [0.1, 0.15) is 39.7 Å². The van der Waals surface area contributed by atoms with Gasteiger partial charge in [0.15, 0.2) is 5.96 Å². The van der Waals surface area contributed by atoms with Crippen molar-refractivity contribution in [2.24, 2.45) is 4.99 Å². The van der Waals surface area contributed by atoms with Crippen LogP contribution in [-0.4, -0.2) is 65.7 Å². The van der Waals surface area contributed by atoms with E-state index in [0.29, 0.717) is 38.0 Å². The molecule has 0 bridgehead atoms. The fraction of sp³-hybridized carbons (Fsp3) is 0.600. The molecule has 1 aromatic rings. The Hall–Kier alpha value is -2.84. The van der Waals surface area contributed by atoms with Gasteiger partial charge in [-0.3, -0.25) is 9.79 Å². The monoisotopic (exact) mass is 404 g/mol. The number of carbonyl (C=O) groups excluding carboxylic acids is 2. The van der Waals surface area contributed by atoms with Gasteiger partial charge in [-0.25, -0.2) is 9.78 Å². The minimum Gasteiger partial charge on any atom is -0.444 e. The second kappa shape index (κ2) is 10.1. The fourth-order valence-corrected chi connectivity index (χ4v) is 2.58. The topological polar surface area (TPSA) is 108 Å². The van der Waals surface area contributed by atoms with Gasteiger partial charge in [-0.05, 0) is 46.2 Å². The number of hydrogen-bond donors (Lipinski definition) is 3. The second-order valence-electron chi connectivity index (χ2n) is 8.01. The minimum atomic E-state index is -0.499. The first-order chi connectivity index (χ1) is 13.7. The molecule has 2 heterocycles. The lowest BCUT2D eigenvalue weighted by atomic mass is 10.1. The van der Waals surface area contributed by atoms with Crippen LogP contribution >= 0.6 is 0 Å². The number of hydrogen-bond acceptors (Lipinski definition) is 5. The number of likely N-dealkylation sites (tertiary alicyclic amines) is 1. The number of aryl methyl sites for hydroxylation is 1. The van der Waals surface area contributed by atoms with Crippen LogP contribution < -0.4 is 16.0 Å².